The van der Waals surface area contributed by atoms with Crippen LogP contribution < -0.4 is 9.64 Å². The molecule has 1 N–H and O–H groups in total. The number of anilines is 1. The minimum Gasteiger partial charge on any atom is -0.506 e. The minimum atomic E-state index is -0.540. The summed E-state index contributed by atoms with van der Waals surface area (Å²) in [6.45, 7) is 6.09. The van der Waals surface area contributed by atoms with Gasteiger partial charge < -0.3 is 19.6 Å². The average Bonchev–Trinajstić information content (AvgIpc) is 2.62. The molecule has 25 heavy (non-hydrogen) atoms. The third-order valence-corrected chi connectivity index (χ3v) is 5.33. The largest absolute Gasteiger partial charge is 0.506 e. The van der Waals surface area contributed by atoms with Crippen LogP contribution in [0.25, 0.3) is 0 Å². The highest BCUT2D eigenvalue weighted by Crippen LogP contribution is 2.40. The van der Waals surface area contributed by atoms with Gasteiger partial charge in [0.15, 0.2) is 5.75 Å². The molecule has 1 aromatic carbocycles. The number of piperazine rings is 1. The van der Waals surface area contributed by atoms with Gasteiger partial charge in [-0.3, -0.25) is 15.0 Å². The second-order valence-electron chi connectivity index (χ2n) is 6.83. The summed E-state index contributed by atoms with van der Waals surface area (Å²) in [5.41, 5.74) is 0.398. The number of hydrogen-bond donors (Lipinski definition) is 1. The van der Waals surface area contributed by atoms with Gasteiger partial charge in [-0.15, -0.1) is 0 Å². The molecule has 3 rings (SSSR count). The number of piperidine rings is 1. The number of nitrogens with zero attached hydrogens (tertiary/aromatic N) is 4. The second kappa shape index (κ2) is 7.45. The molecular weight excluding hydrogens is 324 g/mol. The number of phenols is 1. The van der Waals surface area contributed by atoms with Gasteiger partial charge in [-0.05, 0) is 19.9 Å². The quantitative estimate of drug-likeness (QED) is 0.651. The summed E-state index contributed by atoms with van der Waals surface area (Å²) in [7, 11) is 3.56. The zero-order valence-electron chi connectivity index (χ0n) is 14.8. The third-order valence-electron chi connectivity index (χ3n) is 5.33. The molecule has 1 aromatic rings. The normalized spacial score (nSPS) is 20.6. The fraction of sp³-hybridized carbons (Fsp3) is 0.647. The lowest BCUT2D eigenvalue weighted by atomic mass is 10.0. The SMILES string of the molecule is COc1cc(N2CCC(N3CCN(C)CC3)CC2)c(O)cc1[N+](=O)[O-]. The summed E-state index contributed by atoms with van der Waals surface area (Å²) in [5, 5.41) is 21.3. The topological polar surface area (TPSA) is 82.3 Å². The van der Waals surface area contributed by atoms with E-state index in [0.29, 0.717) is 11.7 Å². The maximum Gasteiger partial charge on any atom is 0.314 e. The molecule has 0 atom stereocenters. The van der Waals surface area contributed by atoms with Crippen molar-refractivity contribution in [1.82, 2.24) is 9.80 Å². The summed E-state index contributed by atoms with van der Waals surface area (Å²) in [6, 6.07) is 3.33. The molecular formula is C17H26N4O4. The number of benzene rings is 1. The summed E-state index contributed by atoms with van der Waals surface area (Å²) < 4.78 is 5.13. The Bertz CT molecular complexity index is 623. The van der Waals surface area contributed by atoms with E-state index in [9.17, 15) is 15.2 Å². The van der Waals surface area contributed by atoms with E-state index in [0.717, 1.165) is 52.1 Å². The predicted octanol–water partition coefficient (Wildman–Crippen LogP) is 1.53. The number of likely N-dealkylation sites (N-methyl/N-ethyl adjacent to an activating group) is 1. The first-order valence-electron chi connectivity index (χ1n) is 8.72. The van der Waals surface area contributed by atoms with Gasteiger partial charge in [-0.2, -0.15) is 0 Å². The first-order valence-corrected chi connectivity index (χ1v) is 8.72. The summed E-state index contributed by atoms with van der Waals surface area (Å²) in [6.07, 6.45) is 2.06. The van der Waals surface area contributed by atoms with E-state index in [4.69, 9.17) is 4.74 Å². The number of nitro benzene ring substituents is 1. The number of nitro groups is 1. The maximum absolute atomic E-state index is 11.1. The Morgan fingerprint density at radius 1 is 1.16 bits per heavy atom. The number of ether oxygens (including phenoxy) is 1. The lowest BCUT2D eigenvalue weighted by molar-refractivity contribution is -0.385. The molecule has 138 valence electrons. The monoisotopic (exact) mass is 350 g/mol. The molecule has 0 spiro atoms. The molecule has 0 bridgehead atoms. The van der Waals surface area contributed by atoms with Crippen molar-refractivity contribution in [3.05, 3.63) is 22.2 Å². The first kappa shape index (κ1) is 17.8. The van der Waals surface area contributed by atoms with Crippen LogP contribution in [0.15, 0.2) is 12.1 Å². The van der Waals surface area contributed by atoms with Gasteiger partial charge in [-0.25, -0.2) is 0 Å². The highest BCUT2D eigenvalue weighted by Gasteiger charge is 2.29. The molecule has 0 aliphatic carbocycles. The summed E-state index contributed by atoms with van der Waals surface area (Å²) in [4.78, 5) is 17.5. The van der Waals surface area contributed by atoms with Crippen molar-refractivity contribution >= 4 is 11.4 Å². The van der Waals surface area contributed by atoms with Crippen LogP contribution in [0.4, 0.5) is 11.4 Å². The van der Waals surface area contributed by atoms with E-state index in [1.54, 1.807) is 6.07 Å². The van der Waals surface area contributed by atoms with Crippen LogP contribution >= 0.6 is 0 Å². The van der Waals surface area contributed by atoms with Gasteiger partial charge in [0, 0.05) is 51.4 Å². The van der Waals surface area contributed by atoms with E-state index >= 15 is 0 Å². The number of rotatable bonds is 4. The molecule has 8 heteroatoms. The highest BCUT2D eigenvalue weighted by molar-refractivity contribution is 5.67. The highest BCUT2D eigenvalue weighted by atomic mass is 16.6. The van der Waals surface area contributed by atoms with Crippen LogP contribution in [-0.2, 0) is 0 Å². The molecule has 8 nitrogen and oxygen atoms in total. The van der Waals surface area contributed by atoms with Crippen LogP contribution in [0.3, 0.4) is 0 Å². The van der Waals surface area contributed by atoms with E-state index in [-0.39, 0.29) is 17.2 Å². The van der Waals surface area contributed by atoms with Gasteiger partial charge in [0.2, 0.25) is 0 Å². The van der Waals surface area contributed by atoms with E-state index in [1.807, 2.05) is 0 Å². The van der Waals surface area contributed by atoms with Crippen LogP contribution in [0, 0.1) is 10.1 Å². The molecule has 2 fully saturated rings. The molecule has 0 unspecified atom stereocenters. The Hall–Kier alpha value is -2.06. The lowest BCUT2D eigenvalue weighted by Crippen LogP contribution is -2.52. The van der Waals surface area contributed by atoms with Crippen LogP contribution in [-0.4, -0.2) is 79.3 Å². The van der Waals surface area contributed by atoms with Crippen molar-refractivity contribution < 1.29 is 14.8 Å². The zero-order chi connectivity index (χ0) is 18.0. The van der Waals surface area contributed by atoms with Crippen molar-refractivity contribution in [2.24, 2.45) is 0 Å². The number of methoxy groups -OCH3 is 1. The Morgan fingerprint density at radius 2 is 1.80 bits per heavy atom. The maximum atomic E-state index is 11.1. The number of hydrogen-bond acceptors (Lipinski definition) is 7. The van der Waals surface area contributed by atoms with Crippen molar-refractivity contribution in [1.29, 1.82) is 0 Å². The van der Waals surface area contributed by atoms with Crippen LogP contribution in [0.1, 0.15) is 12.8 Å². The fourth-order valence-corrected chi connectivity index (χ4v) is 3.77. The van der Waals surface area contributed by atoms with Gasteiger partial charge in [0.1, 0.15) is 5.75 Å². The third kappa shape index (κ3) is 3.80. The second-order valence-corrected chi connectivity index (χ2v) is 6.83. The molecule has 2 aliphatic rings. The van der Waals surface area contributed by atoms with E-state index in [1.165, 1.54) is 13.2 Å². The van der Waals surface area contributed by atoms with Crippen molar-refractivity contribution in [2.75, 3.05) is 58.3 Å². The lowest BCUT2D eigenvalue weighted by Gasteiger charge is -2.42. The van der Waals surface area contributed by atoms with Gasteiger partial charge in [0.05, 0.1) is 23.8 Å². The molecule has 0 amide bonds. The molecule has 0 radical (unpaired) electrons. The molecule has 2 heterocycles. The first-order chi connectivity index (χ1) is 12.0. The number of phenolic OH excluding ortho intramolecular Hbond substituents is 1. The standard InChI is InChI=1S/C17H26N4O4/c1-18-7-9-19(10-8-18)13-3-5-20(6-4-13)14-12-17(25-2)15(21(23)24)11-16(14)22/h11-13,22H,3-10H2,1-2H3. The molecule has 0 saturated carbocycles. The molecule has 2 aliphatic heterocycles. The smallest absolute Gasteiger partial charge is 0.314 e. The van der Waals surface area contributed by atoms with Crippen molar-refractivity contribution in [3.63, 3.8) is 0 Å². The Kier molecular flexibility index (Phi) is 5.29. The Balaban J connectivity index is 1.67. The minimum absolute atomic E-state index is 0.0643. The van der Waals surface area contributed by atoms with Crippen LogP contribution in [0.5, 0.6) is 11.5 Å². The van der Waals surface area contributed by atoms with Gasteiger partial charge >= 0.3 is 5.69 Å². The van der Waals surface area contributed by atoms with Crippen molar-refractivity contribution in [3.8, 4) is 11.5 Å². The summed E-state index contributed by atoms with van der Waals surface area (Å²) in [5.74, 6) is 0.115. The molecule has 0 aromatic heterocycles. The summed E-state index contributed by atoms with van der Waals surface area (Å²) >= 11 is 0. The Labute approximate surface area is 147 Å². The van der Waals surface area contributed by atoms with Gasteiger partial charge in [0.25, 0.3) is 0 Å². The van der Waals surface area contributed by atoms with Crippen LogP contribution in [0.2, 0.25) is 0 Å². The zero-order valence-corrected chi connectivity index (χ0v) is 14.8. The Morgan fingerprint density at radius 3 is 2.36 bits per heavy atom. The van der Waals surface area contributed by atoms with E-state index in [2.05, 4.69) is 21.7 Å². The van der Waals surface area contributed by atoms with E-state index < -0.39 is 4.92 Å². The number of aromatic hydroxyl groups is 1. The average molecular weight is 350 g/mol. The van der Waals surface area contributed by atoms with Gasteiger partial charge in [-0.1, -0.05) is 0 Å². The fourth-order valence-electron chi connectivity index (χ4n) is 3.77. The van der Waals surface area contributed by atoms with Crippen molar-refractivity contribution in [2.45, 2.75) is 18.9 Å². The molecule has 2 saturated heterocycles. The predicted molar refractivity (Wildman–Crippen MR) is 95.6 cm³/mol.